The number of hydrogen-bond acceptors (Lipinski definition) is 4. The number of amides is 2. The first-order valence-electron chi connectivity index (χ1n) is 8.96. The average Bonchev–Trinajstić information content (AvgIpc) is 2.68. The van der Waals surface area contributed by atoms with E-state index < -0.39 is 35.7 Å². The number of carboxylic acids is 1. The standard InChI is InChI=1S/C21H23FN2O5/c1-13(25)23-18(11-14-3-7-16(22)8-4-14)20(26)24-19(21(27)28)12-15-5-9-17(29-2)10-6-15/h3-10,18-19H,11-12H2,1-2H3,(H,23,25)(H,24,26)(H,27,28)/t18-,19-/m0/s1. The Balaban J connectivity index is 2.11. The highest BCUT2D eigenvalue weighted by molar-refractivity contribution is 5.90. The van der Waals surface area contributed by atoms with Crippen molar-refractivity contribution >= 4 is 17.8 Å². The van der Waals surface area contributed by atoms with Crippen LogP contribution in [0.4, 0.5) is 4.39 Å². The predicted molar refractivity (Wildman–Crippen MR) is 104 cm³/mol. The van der Waals surface area contributed by atoms with Gasteiger partial charge in [-0.25, -0.2) is 9.18 Å². The Morgan fingerprint density at radius 3 is 1.93 bits per heavy atom. The summed E-state index contributed by atoms with van der Waals surface area (Å²) >= 11 is 0. The zero-order valence-electron chi connectivity index (χ0n) is 16.1. The third-order valence-electron chi connectivity index (χ3n) is 4.26. The summed E-state index contributed by atoms with van der Waals surface area (Å²) in [5.41, 5.74) is 1.33. The minimum absolute atomic E-state index is 0.0639. The van der Waals surface area contributed by atoms with Crippen LogP contribution in [0.5, 0.6) is 5.75 Å². The number of halogens is 1. The van der Waals surface area contributed by atoms with Crippen LogP contribution in [0.25, 0.3) is 0 Å². The zero-order valence-corrected chi connectivity index (χ0v) is 16.1. The van der Waals surface area contributed by atoms with Gasteiger partial charge in [0, 0.05) is 19.8 Å². The summed E-state index contributed by atoms with van der Waals surface area (Å²) in [6.45, 7) is 1.26. The Morgan fingerprint density at radius 2 is 1.45 bits per heavy atom. The highest BCUT2D eigenvalue weighted by Crippen LogP contribution is 2.13. The number of benzene rings is 2. The van der Waals surface area contributed by atoms with E-state index in [1.165, 1.54) is 38.3 Å². The maximum Gasteiger partial charge on any atom is 0.326 e. The summed E-state index contributed by atoms with van der Waals surface area (Å²) in [4.78, 5) is 35.8. The van der Waals surface area contributed by atoms with Crippen LogP contribution in [0.2, 0.25) is 0 Å². The van der Waals surface area contributed by atoms with Gasteiger partial charge >= 0.3 is 5.97 Å². The van der Waals surface area contributed by atoms with Crippen LogP contribution in [-0.2, 0) is 27.2 Å². The highest BCUT2D eigenvalue weighted by atomic mass is 19.1. The van der Waals surface area contributed by atoms with Gasteiger partial charge in [0.15, 0.2) is 0 Å². The lowest BCUT2D eigenvalue weighted by Gasteiger charge is -2.21. The van der Waals surface area contributed by atoms with Crippen molar-refractivity contribution in [3.8, 4) is 5.75 Å². The van der Waals surface area contributed by atoms with Gasteiger partial charge in [0.2, 0.25) is 11.8 Å². The van der Waals surface area contributed by atoms with Gasteiger partial charge in [0.05, 0.1) is 7.11 Å². The minimum Gasteiger partial charge on any atom is -0.497 e. The fourth-order valence-corrected chi connectivity index (χ4v) is 2.78. The molecular formula is C21H23FN2O5. The molecule has 2 atom stereocenters. The molecule has 0 saturated heterocycles. The number of nitrogens with one attached hydrogen (secondary N) is 2. The van der Waals surface area contributed by atoms with Gasteiger partial charge in [0.25, 0.3) is 0 Å². The van der Waals surface area contributed by atoms with Crippen molar-refractivity contribution in [3.63, 3.8) is 0 Å². The first-order chi connectivity index (χ1) is 13.8. The topological polar surface area (TPSA) is 105 Å². The molecule has 0 unspecified atom stereocenters. The molecule has 0 fully saturated rings. The largest absolute Gasteiger partial charge is 0.497 e. The van der Waals surface area contributed by atoms with Crippen LogP contribution in [-0.4, -0.2) is 42.1 Å². The first-order valence-corrected chi connectivity index (χ1v) is 8.96. The van der Waals surface area contributed by atoms with E-state index in [1.54, 1.807) is 24.3 Å². The molecule has 29 heavy (non-hydrogen) atoms. The van der Waals surface area contributed by atoms with Crippen molar-refractivity contribution in [3.05, 3.63) is 65.5 Å². The number of carbonyl (C=O) groups excluding carboxylic acids is 2. The van der Waals surface area contributed by atoms with Crippen LogP contribution in [0.1, 0.15) is 18.1 Å². The van der Waals surface area contributed by atoms with E-state index in [0.717, 1.165) is 0 Å². The number of hydrogen-bond donors (Lipinski definition) is 3. The Labute approximate surface area is 167 Å². The number of carboxylic acid groups (broad SMARTS) is 1. The second kappa shape index (κ2) is 10.2. The van der Waals surface area contributed by atoms with E-state index in [9.17, 15) is 23.9 Å². The number of ether oxygens (including phenoxy) is 1. The fourth-order valence-electron chi connectivity index (χ4n) is 2.78. The average molecular weight is 402 g/mol. The molecule has 2 amide bonds. The molecule has 7 nitrogen and oxygen atoms in total. The van der Waals surface area contributed by atoms with Crippen LogP contribution >= 0.6 is 0 Å². The maximum atomic E-state index is 13.1. The fraction of sp³-hybridized carbons (Fsp3) is 0.286. The van der Waals surface area contributed by atoms with Crippen LogP contribution in [0.3, 0.4) is 0 Å². The second-order valence-electron chi connectivity index (χ2n) is 6.54. The molecule has 2 aromatic rings. The monoisotopic (exact) mass is 402 g/mol. The van der Waals surface area contributed by atoms with Crippen molar-refractivity contribution in [1.29, 1.82) is 0 Å². The number of aliphatic carboxylic acids is 1. The molecule has 154 valence electrons. The molecular weight excluding hydrogens is 379 g/mol. The molecule has 0 aliphatic heterocycles. The highest BCUT2D eigenvalue weighted by Gasteiger charge is 2.26. The zero-order chi connectivity index (χ0) is 21.4. The Bertz CT molecular complexity index is 852. The molecule has 0 aliphatic rings. The van der Waals surface area contributed by atoms with Crippen molar-refractivity contribution in [2.24, 2.45) is 0 Å². The van der Waals surface area contributed by atoms with Crippen molar-refractivity contribution in [2.75, 3.05) is 7.11 Å². The van der Waals surface area contributed by atoms with Crippen LogP contribution in [0.15, 0.2) is 48.5 Å². The van der Waals surface area contributed by atoms with Gasteiger partial charge in [-0.3, -0.25) is 9.59 Å². The van der Waals surface area contributed by atoms with Gasteiger partial charge < -0.3 is 20.5 Å². The lowest BCUT2D eigenvalue weighted by Crippen LogP contribution is -2.52. The number of rotatable bonds is 9. The van der Waals surface area contributed by atoms with Crippen LogP contribution < -0.4 is 15.4 Å². The third kappa shape index (κ3) is 6.91. The Kier molecular flexibility index (Phi) is 7.70. The molecule has 8 heteroatoms. The van der Waals surface area contributed by atoms with Gasteiger partial charge in [-0.15, -0.1) is 0 Å². The van der Waals surface area contributed by atoms with Gasteiger partial charge in [-0.2, -0.15) is 0 Å². The quantitative estimate of drug-likeness (QED) is 0.592. The van der Waals surface area contributed by atoms with E-state index in [2.05, 4.69) is 10.6 Å². The molecule has 0 aliphatic carbocycles. The summed E-state index contributed by atoms with van der Waals surface area (Å²) in [5, 5.41) is 14.5. The third-order valence-corrected chi connectivity index (χ3v) is 4.26. The molecule has 0 radical (unpaired) electrons. The van der Waals surface area contributed by atoms with Gasteiger partial charge in [-0.05, 0) is 35.4 Å². The SMILES string of the molecule is COc1ccc(C[C@H](NC(=O)[C@H](Cc2ccc(F)cc2)NC(C)=O)C(=O)O)cc1. The molecule has 0 bridgehead atoms. The van der Waals surface area contributed by atoms with Crippen molar-refractivity contribution in [2.45, 2.75) is 31.8 Å². The molecule has 0 aromatic heterocycles. The molecule has 2 aromatic carbocycles. The van der Waals surface area contributed by atoms with E-state index >= 15 is 0 Å². The molecule has 2 rings (SSSR count). The summed E-state index contributed by atoms with van der Waals surface area (Å²) in [6, 6.07) is 10.2. The van der Waals surface area contributed by atoms with E-state index in [1.807, 2.05) is 0 Å². The van der Waals surface area contributed by atoms with Crippen molar-refractivity contribution < 1.29 is 28.6 Å². The summed E-state index contributed by atoms with van der Waals surface area (Å²) in [6.07, 6.45) is 0.162. The lowest BCUT2D eigenvalue weighted by atomic mass is 10.0. The summed E-state index contributed by atoms with van der Waals surface area (Å²) in [5.74, 6) is -2.05. The van der Waals surface area contributed by atoms with Gasteiger partial charge in [-0.1, -0.05) is 24.3 Å². The van der Waals surface area contributed by atoms with Crippen molar-refractivity contribution in [1.82, 2.24) is 10.6 Å². The molecule has 0 spiro atoms. The smallest absolute Gasteiger partial charge is 0.326 e. The van der Waals surface area contributed by atoms with E-state index in [-0.39, 0.29) is 12.8 Å². The van der Waals surface area contributed by atoms with Gasteiger partial charge in [0.1, 0.15) is 23.7 Å². The maximum absolute atomic E-state index is 13.1. The van der Waals surface area contributed by atoms with Crippen LogP contribution in [0, 0.1) is 5.82 Å². The number of carbonyl (C=O) groups is 3. The molecule has 0 heterocycles. The Morgan fingerprint density at radius 1 is 0.931 bits per heavy atom. The molecule has 3 N–H and O–H groups in total. The minimum atomic E-state index is -1.20. The Hall–Kier alpha value is -3.42. The number of methoxy groups -OCH3 is 1. The van der Waals surface area contributed by atoms with E-state index in [0.29, 0.717) is 16.9 Å². The second-order valence-corrected chi connectivity index (χ2v) is 6.54. The molecule has 0 saturated carbocycles. The summed E-state index contributed by atoms with van der Waals surface area (Å²) < 4.78 is 18.2. The first kappa shape index (κ1) is 21.9. The summed E-state index contributed by atoms with van der Waals surface area (Å²) in [7, 11) is 1.53. The lowest BCUT2D eigenvalue weighted by molar-refractivity contribution is -0.142. The predicted octanol–water partition coefficient (Wildman–Crippen LogP) is 1.69. The van der Waals surface area contributed by atoms with E-state index in [4.69, 9.17) is 4.74 Å². The normalized spacial score (nSPS) is 12.5.